The van der Waals surface area contributed by atoms with Gasteiger partial charge < -0.3 is 10.0 Å². The normalized spacial score (nSPS) is 10.4. The first-order valence-electron chi connectivity index (χ1n) is 6.43. The lowest BCUT2D eigenvalue weighted by Gasteiger charge is -2.19. The minimum atomic E-state index is -0.871. The lowest BCUT2D eigenvalue weighted by Crippen LogP contribution is -2.32. The second-order valence-electron chi connectivity index (χ2n) is 4.33. The van der Waals surface area contributed by atoms with Gasteiger partial charge in [0.15, 0.2) is 0 Å². The number of carboxylic acid groups (broad SMARTS) is 1. The third-order valence-electron chi connectivity index (χ3n) is 2.82. The van der Waals surface area contributed by atoms with Crippen LogP contribution in [0.2, 0.25) is 0 Å². The van der Waals surface area contributed by atoms with E-state index in [4.69, 9.17) is 5.11 Å². The van der Waals surface area contributed by atoms with Crippen molar-refractivity contribution in [2.45, 2.75) is 39.5 Å². The maximum Gasteiger partial charge on any atom is 0.305 e. The molecule has 106 valence electrons. The fraction of sp³-hybridized carbons (Fsp3) is 0.615. The molecule has 6 heteroatoms. The number of hydrogen-bond acceptors (Lipinski definition) is 4. The Labute approximate surface area is 117 Å². The molecule has 0 saturated carbocycles. The van der Waals surface area contributed by atoms with E-state index in [1.807, 2.05) is 19.2 Å². The zero-order chi connectivity index (χ0) is 14.3. The molecular formula is C13H20N2O3S. The number of nitrogens with zero attached hydrogens (tertiary/aromatic N) is 2. The van der Waals surface area contributed by atoms with Crippen LogP contribution in [0.15, 0.2) is 5.38 Å². The zero-order valence-corrected chi connectivity index (χ0v) is 12.2. The SMILES string of the molecule is CCN(CCC(=O)O)C(=O)CCCc1csc(C)n1. The molecule has 5 nitrogen and oxygen atoms in total. The van der Waals surface area contributed by atoms with Gasteiger partial charge in [0, 0.05) is 24.9 Å². The molecule has 0 radical (unpaired) electrons. The molecule has 0 spiro atoms. The van der Waals surface area contributed by atoms with E-state index in [0.717, 1.165) is 23.5 Å². The number of aryl methyl sites for hydroxylation is 2. The molecule has 0 fully saturated rings. The van der Waals surface area contributed by atoms with E-state index in [0.29, 0.717) is 19.5 Å². The van der Waals surface area contributed by atoms with Crippen LogP contribution in [0.3, 0.4) is 0 Å². The molecule has 19 heavy (non-hydrogen) atoms. The second-order valence-corrected chi connectivity index (χ2v) is 5.39. The van der Waals surface area contributed by atoms with Gasteiger partial charge in [-0.05, 0) is 26.7 Å². The minimum absolute atomic E-state index is 0.00482. The molecule has 1 N–H and O–H groups in total. The van der Waals surface area contributed by atoms with Crippen molar-refractivity contribution >= 4 is 23.2 Å². The molecule has 0 aliphatic rings. The first-order chi connectivity index (χ1) is 9.02. The van der Waals surface area contributed by atoms with Crippen molar-refractivity contribution in [3.8, 4) is 0 Å². The predicted molar refractivity (Wildman–Crippen MR) is 74.3 cm³/mol. The first kappa shape index (κ1) is 15.6. The van der Waals surface area contributed by atoms with Crippen molar-refractivity contribution in [3.63, 3.8) is 0 Å². The largest absolute Gasteiger partial charge is 0.481 e. The van der Waals surface area contributed by atoms with Crippen LogP contribution in [0, 0.1) is 6.92 Å². The molecule has 0 bridgehead atoms. The Morgan fingerprint density at radius 2 is 2.16 bits per heavy atom. The smallest absolute Gasteiger partial charge is 0.305 e. The van der Waals surface area contributed by atoms with E-state index in [1.165, 1.54) is 0 Å². The molecule has 1 aromatic heterocycles. The third-order valence-corrected chi connectivity index (χ3v) is 3.64. The lowest BCUT2D eigenvalue weighted by molar-refractivity contribution is -0.138. The van der Waals surface area contributed by atoms with Crippen LogP contribution in [0.25, 0.3) is 0 Å². The van der Waals surface area contributed by atoms with Crippen LogP contribution in [0.1, 0.15) is 36.9 Å². The van der Waals surface area contributed by atoms with E-state index in [-0.39, 0.29) is 12.3 Å². The summed E-state index contributed by atoms with van der Waals surface area (Å²) in [6, 6.07) is 0. The monoisotopic (exact) mass is 284 g/mol. The number of amides is 1. The Bertz CT molecular complexity index is 431. The molecule has 1 rings (SSSR count). The third kappa shape index (κ3) is 5.83. The zero-order valence-electron chi connectivity index (χ0n) is 11.4. The van der Waals surface area contributed by atoms with E-state index < -0.39 is 5.97 Å². The van der Waals surface area contributed by atoms with Crippen molar-refractivity contribution in [2.75, 3.05) is 13.1 Å². The Kier molecular flexibility index (Phi) is 6.49. The molecule has 0 saturated heterocycles. The van der Waals surface area contributed by atoms with E-state index in [2.05, 4.69) is 4.98 Å². The summed E-state index contributed by atoms with van der Waals surface area (Å²) in [6.07, 6.45) is 2.01. The minimum Gasteiger partial charge on any atom is -0.481 e. The summed E-state index contributed by atoms with van der Waals surface area (Å²) < 4.78 is 0. The summed E-state index contributed by atoms with van der Waals surface area (Å²) in [4.78, 5) is 28.3. The Balaban J connectivity index is 2.30. The molecule has 0 atom stereocenters. The van der Waals surface area contributed by atoms with Gasteiger partial charge in [-0.1, -0.05) is 0 Å². The van der Waals surface area contributed by atoms with Crippen LogP contribution in [0.5, 0.6) is 0 Å². The lowest BCUT2D eigenvalue weighted by atomic mass is 10.2. The number of carbonyl (C=O) groups is 2. The summed E-state index contributed by atoms with van der Waals surface area (Å²) in [5.74, 6) is -0.847. The first-order valence-corrected chi connectivity index (χ1v) is 7.31. The molecule has 1 amide bonds. The van der Waals surface area contributed by atoms with Crippen molar-refractivity contribution in [1.82, 2.24) is 9.88 Å². The van der Waals surface area contributed by atoms with E-state index in [1.54, 1.807) is 16.2 Å². The van der Waals surface area contributed by atoms with Gasteiger partial charge in [-0.3, -0.25) is 9.59 Å². The Morgan fingerprint density at radius 3 is 2.68 bits per heavy atom. The number of carbonyl (C=O) groups excluding carboxylic acids is 1. The number of thiazole rings is 1. The summed E-state index contributed by atoms with van der Waals surface area (Å²) in [5, 5.41) is 11.7. The average molecular weight is 284 g/mol. The van der Waals surface area contributed by atoms with Gasteiger partial charge in [-0.2, -0.15) is 0 Å². The van der Waals surface area contributed by atoms with Gasteiger partial charge in [-0.15, -0.1) is 11.3 Å². The number of aromatic nitrogens is 1. The van der Waals surface area contributed by atoms with Gasteiger partial charge in [-0.25, -0.2) is 4.98 Å². The van der Waals surface area contributed by atoms with E-state index in [9.17, 15) is 9.59 Å². The highest BCUT2D eigenvalue weighted by Crippen LogP contribution is 2.11. The van der Waals surface area contributed by atoms with Crippen molar-refractivity contribution in [1.29, 1.82) is 0 Å². The van der Waals surface area contributed by atoms with Crippen LogP contribution in [0.4, 0.5) is 0 Å². The average Bonchev–Trinajstić information content (AvgIpc) is 2.75. The highest BCUT2D eigenvalue weighted by atomic mass is 32.1. The number of carboxylic acids is 1. The predicted octanol–water partition coefficient (Wildman–Crippen LogP) is 2.10. The van der Waals surface area contributed by atoms with Gasteiger partial charge in [0.25, 0.3) is 0 Å². The van der Waals surface area contributed by atoms with Crippen LogP contribution in [-0.4, -0.2) is 40.0 Å². The quantitative estimate of drug-likeness (QED) is 0.793. The standard InChI is InChI=1S/C13H20N2O3S/c1-3-15(8-7-13(17)18)12(16)6-4-5-11-9-19-10(2)14-11/h9H,3-8H2,1-2H3,(H,17,18). The molecule has 1 heterocycles. The van der Waals surface area contributed by atoms with Crippen LogP contribution >= 0.6 is 11.3 Å². The van der Waals surface area contributed by atoms with Gasteiger partial charge in [0.2, 0.25) is 5.91 Å². The van der Waals surface area contributed by atoms with Gasteiger partial charge in [0.05, 0.1) is 17.1 Å². The fourth-order valence-electron chi connectivity index (χ4n) is 1.79. The van der Waals surface area contributed by atoms with Crippen molar-refractivity contribution in [3.05, 3.63) is 16.1 Å². The van der Waals surface area contributed by atoms with Gasteiger partial charge in [0.1, 0.15) is 0 Å². The highest BCUT2D eigenvalue weighted by Gasteiger charge is 2.12. The summed E-state index contributed by atoms with van der Waals surface area (Å²) >= 11 is 1.61. The van der Waals surface area contributed by atoms with Gasteiger partial charge >= 0.3 is 5.97 Å². The molecule has 0 aromatic carbocycles. The molecular weight excluding hydrogens is 264 g/mol. The summed E-state index contributed by atoms with van der Waals surface area (Å²) in [6.45, 7) is 4.68. The van der Waals surface area contributed by atoms with Crippen LogP contribution in [-0.2, 0) is 16.0 Å². The summed E-state index contributed by atoms with van der Waals surface area (Å²) in [7, 11) is 0. The van der Waals surface area contributed by atoms with Crippen LogP contribution < -0.4 is 0 Å². The van der Waals surface area contributed by atoms with E-state index >= 15 is 0 Å². The molecule has 0 unspecified atom stereocenters. The number of aliphatic carboxylic acids is 1. The van der Waals surface area contributed by atoms with Crippen molar-refractivity contribution < 1.29 is 14.7 Å². The topological polar surface area (TPSA) is 70.5 Å². The maximum absolute atomic E-state index is 11.9. The molecule has 0 aliphatic heterocycles. The molecule has 0 aliphatic carbocycles. The highest BCUT2D eigenvalue weighted by molar-refractivity contribution is 7.09. The van der Waals surface area contributed by atoms with Crippen molar-refractivity contribution in [2.24, 2.45) is 0 Å². The Hall–Kier alpha value is -1.43. The summed E-state index contributed by atoms with van der Waals surface area (Å²) in [5.41, 5.74) is 1.03. The Morgan fingerprint density at radius 1 is 1.42 bits per heavy atom. The maximum atomic E-state index is 11.9. The number of rotatable bonds is 8. The number of hydrogen-bond donors (Lipinski definition) is 1. The molecule has 1 aromatic rings. The second kappa shape index (κ2) is 7.89. The fourth-order valence-corrected chi connectivity index (χ4v) is 2.44.